The van der Waals surface area contributed by atoms with Crippen LogP contribution in [0.25, 0.3) is 0 Å². The zero-order valence-corrected chi connectivity index (χ0v) is 16.9. The predicted octanol–water partition coefficient (Wildman–Crippen LogP) is 5.09. The van der Waals surface area contributed by atoms with Crippen LogP contribution in [0.1, 0.15) is 12.0 Å². The van der Waals surface area contributed by atoms with E-state index in [-0.39, 0.29) is 17.3 Å². The molecule has 0 aromatic heterocycles. The molecule has 1 fully saturated rings. The number of hydrogen-bond acceptors (Lipinski definition) is 4. The Labute approximate surface area is 178 Å². The molecule has 1 aliphatic rings. The maximum atomic E-state index is 13.1. The van der Waals surface area contributed by atoms with Gasteiger partial charge in [0, 0.05) is 19.2 Å². The lowest BCUT2D eigenvalue weighted by Gasteiger charge is -2.28. The molecule has 0 spiro atoms. The quantitative estimate of drug-likeness (QED) is 0.650. The molecule has 1 saturated heterocycles. The zero-order valence-electron chi connectivity index (χ0n) is 15.3. The van der Waals surface area contributed by atoms with Gasteiger partial charge < -0.3 is 5.32 Å². The third-order valence-electron chi connectivity index (χ3n) is 4.15. The summed E-state index contributed by atoms with van der Waals surface area (Å²) in [6.45, 7) is 0. The molecule has 30 heavy (non-hydrogen) atoms. The lowest BCUT2D eigenvalue weighted by molar-refractivity contribution is -0.137. The first-order chi connectivity index (χ1) is 14.0. The predicted molar refractivity (Wildman–Crippen MR) is 107 cm³/mol. The number of amidine groups is 1. The Morgan fingerprint density at radius 3 is 2.53 bits per heavy atom. The minimum atomic E-state index is -4.66. The topological polar surface area (TPSA) is 61.8 Å². The zero-order chi connectivity index (χ0) is 22.1. The van der Waals surface area contributed by atoms with Gasteiger partial charge >= 0.3 is 6.18 Å². The van der Waals surface area contributed by atoms with Gasteiger partial charge in [0.15, 0.2) is 5.17 Å². The van der Waals surface area contributed by atoms with Crippen LogP contribution in [0, 0.1) is 5.82 Å². The van der Waals surface area contributed by atoms with E-state index in [4.69, 9.17) is 11.6 Å². The number of carbonyl (C=O) groups excluding carboxylic acids is 2. The molecular weight excluding hydrogens is 446 g/mol. The highest BCUT2D eigenvalue weighted by atomic mass is 35.5. The molecule has 0 bridgehead atoms. The fraction of sp³-hybridized carbons (Fsp3) is 0.211. The largest absolute Gasteiger partial charge is 0.417 e. The van der Waals surface area contributed by atoms with E-state index >= 15 is 0 Å². The number of nitrogens with zero attached hydrogens (tertiary/aromatic N) is 2. The summed E-state index contributed by atoms with van der Waals surface area (Å²) in [5, 5.41) is 1.32. The third kappa shape index (κ3) is 5.11. The van der Waals surface area contributed by atoms with E-state index in [0.29, 0.717) is 5.69 Å². The molecule has 5 nitrogen and oxygen atoms in total. The Bertz CT molecular complexity index is 1010. The molecule has 1 aliphatic heterocycles. The highest BCUT2D eigenvalue weighted by Gasteiger charge is 2.35. The second-order valence-corrected chi connectivity index (χ2v) is 7.89. The van der Waals surface area contributed by atoms with Gasteiger partial charge in [-0.15, -0.1) is 0 Å². The Hall–Kier alpha value is -2.59. The van der Waals surface area contributed by atoms with Crippen molar-refractivity contribution in [2.45, 2.75) is 17.8 Å². The fourth-order valence-corrected chi connectivity index (χ4v) is 3.85. The van der Waals surface area contributed by atoms with Gasteiger partial charge in [-0.25, -0.2) is 9.38 Å². The summed E-state index contributed by atoms with van der Waals surface area (Å²) in [5.41, 5.74) is -0.765. The highest BCUT2D eigenvalue weighted by Crippen LogP contribution is 2.37. The van der Waals surface area contributed by atoms with Crippen LogP contribution in [0.2, 0.25) is 5.02 Å². The summed E-state index contributed by atoms with van der Waals surface area (Å²) in [6.07, 6.45) is -4.78. The molecular formula is C19H14ClF4N3O2S. The van der Waals surface area contributed by atoms with Crippen molar-refractivity contribution >= 4 is 51.7 Å². The van der Waals surface area contributed by atoms with Gasteiger partial charge in [-0.2, -0.15) is 13.2 Å². The van der Waals surface area contributed by atoms with E-state index in [1.165, 1.54) is 42.3 Å². The number of hydrogen-bond donors (Lipinski definition) is 1. The summed E-state index contributed by atoms with van der Waals surface area (Å²) in [7, 11) is 1.42. The maximum Gasteiger partial charge on any atom is 0.417 e. The van der Waals surface area contributed by atoms with Crippen molar-refractivity contribution in [3.05, 3.63) is 58.9 Å². The first-order valence-electron chi connectivity index (χ1n) is 8.49. The number of alkyl halides is 3. The van der Waals surface area contributed by atoms with Gasteiger partial charge in [0.1, 0.15) is 11.1 Å². The summed E-state index contributed by atoms with van der Waals surface area (Å²) in [6, 6.07) is 8.22. The van der Waals surface area contributed by atoms with Crippen LogP contribution in [0.3, 0.4) is 0 Å². The second kappa shape index (κ2) is 8.65. The summed E-state index contributed by atoms with van der Waals surface area (Å²) < 4.78 is 52.2. The number of aliphatic imine (C=N–C) groups is 1. The normalized spacial score (nSPS) is 18.6. The number of halogens is 5. The molecule has 1 heterocycles. The van der Waals surface area contributed by atoms with E-state index in [2.05, 4.69) is 10.3 Å². The molecule has 0 radical (unpaired) electrons. The monoisotopic (exact) mass is 459 g/mol. The molecule has 2 amide bonds. The van der Waals surface area contributed by atoms with Crippen LogP contribution in [-0.2, 0) is 15.8 Å². The van der Waals surface area contributed by atoms with Crippen molar-refractivity contribution in [2.24, 2.45) is 4.99 Å². The average Bonchev–Trinajstić information content (AvgIpc) is 2.67. The van der Waals surface area contributed by atoms with Crippen molar-refractivity contribution in [2.75, 3.05) is 12.4 Å². The van der Waals surface area contributed by atoms with Crippen LogP contribution in [0.15, 0.2) is 47.5 Å². The lowest BCUT2D eigenvalue weighted by atomic mass is 10.2. The van der Waals surface area contributed by atoms with Gasteiger partial charge in [-0.1, -0.05) is 23.4 Å². The Kier molecular flexibility index (Phi) is 6.37. The van der Waals surface area contributed by atoms with Gasteiger partial charge in [-0.3, -0.25) is 14.5 Å². The molecule has 0 aliphatic carbocycles. The van der Waals surface area contributed by atoms with E-state index in [0.717, 1.165) is 23.9 Å². The van der Waals surface area contributed by atoms with Crippen molar-refractivity contribution in [1.82, 2.24) is 4.90 Å². The van der Waals surface area contributed by atoms with Crippen LogP contribution >= 0.6 is 23.4 Å². The minimum absolute atomic E-state index is 0.0616. The third-order valence-corrected chi connectivity index (χ3v) is 5.72. The average molecular weight is 460 g/mol. The van der Waals surface area contributed by atoms with E-state index < -0.39 is 39.6 Å². The SMILES string of the molecule is CN1C(=O)CC(C(=O)Nc2ccc(F)cc2)SC1=Nc1ccc(Cl)c(C(F)(F)F)c1. The number of nitrogens with one attached hydrogen (secondary N) is 1. The van der Waals surface area contributed by atoms with Gasteiger partial charge in [-0.05, 0) is 42.5 Å². The molecule has 0 saturated carbocycles. The smallest absolute Gasteiger partial charge is 0.325 e. The number of benzene rings is 2. The van der Waals surface area contributed by atoms with Crippen molar-refractivity contribution < 1.29 is 27.2 Å². The number of amides is 2. The van der Waals surface area contributed by atoms with Gasteiger partial charge in [0.2, 0.25) is 11.8 Å². The lowest BCUT2D eigenvalue weighted by Crippen LogP contribution is -2.43. The van der Waals surface area contributed by atoms with Crippen LogP contribution < -0.4 is 5.32 Å². The minimum Gasteiger partial charge on any atom is -0.325 e. The maximum absolute atomic E-state index is 13.1. The van der Waals surface area contributed by atoms with Crippen molar-refractivity contribution in [3.8, 4) is 0 Å². The standard InChI is InChI=1S/C19H14ClF4N3O2S/c1-27-16(28)9-15(17(29)25-11-4-2-10(21)3-5-11)30-18(27)26-12-6-7-14(20)13(8-12)19(22,23)24/h2-8,15H,9H2,1H3,(H,25,29). The fourth-order valence-electron chi connectivity index (χ4n) is 2.56. The number of rotatable bonds is 3. The Morgan fingerprint density at radius 1 is 1.23 bits per heavy atom. The van der Waals surface area contributed by atoms with Gasteiger partial charge in [0.25, 0.3) is 0 Å². The first-order valence-corrected chi connectivity index (χ1v) is 9.75. The summed E-state index contributed by atoms with van der Waals surface area (Å²) >= 11 is 6.55. The van der Waals surface area contributed by atoms with Crippen molar-refractivity contribution in [1.29, 1.82) is 0 Å². The molecule has 158 valence electrons. The molecule has 1 N–H and O–H groups in total. The Morgan fingerprint density at radius 2 is 1.90 bits per heavy atom. The second-order valence-electron chi connectivity index (χ2n) is 6.32. The molecule has 1 unspecified atom stereocenters. The van der Waals surface area contributed by atoms with Gasteiger partial charge in [0.05, 0.1) is 16.3 Å². The van der Waals surface area contributed by atoms with E-state index in [1.807, 2.05) is 0 Å². The Balaban J connectivity index is 1.83. The molecule has 1 atom stereocenters. The van der Waals surface area contributed by atoms with E-state index in [1.54, 1.807) is 0 Å². The van der Waals surface area contributed by atoms with Crippen LogP contribution in [-0.4, -0.2) is 34.2 Å². The molecule has 3 rings (SSSR count). The number of carbonyl (C=O) groups is 2. The molecule has 2 aromatic carbocycles. The van der Waals surface area contributed by atoms with Crippen LogP contribution in [0.4, 0.5) is 28.9 Å². The van der Waals surface area contributed by atoms with E-state index in [9.17, 15) is 27.2 Å². The molecule has 2 aromatic rings. The first kappa shape index (κ1) is 22.1. The van der Waals surface area contributed by atoms with Crippen molar-refractivity contribution in [3.63, 3.8) is 0 Å². The summed E-state index contributed by atoms with van der Waals surface area (Å²) in [5.74, 6) is -1.39. The van der Waals surface area contributed by atoms with Crippen LogP contribution in [0.5, 0.6) is 0 Å². The highest BCUT2D eigenvalue weighted by molar-refractivity contribution is 8.15. The number of thioether (sulfide) groups is 1. The molecule has 11 heteroatoms. The number of anilines is 1. The summed E-state index contributed by atoms with van der Waals surface area (Å²) in [4.78, 5) is 30.1.